The fourth-order valence-electron chi connectivity index (χ4n) is 2.98. The molecule has 1 atom stereocenters. The molecule has 1 aliphatic heterocycles. The third-order valence-corrected chi connectivity index (χ3v) is 7.63. The average molecular weight is 436 g/mol. The summed E-state index contributed by atoms with van der Waals surface area (Å²) in [4.78, 5) is 28.8. The number of thioether (sulfide) groups is 1. The summed E-state index contributed by atoms with van der Waals surface area (Å²) in [6.45, 7) is 3.50. The van der Waals surface area contributed by atoms with Crippen molar-refractivity contribution in [3.05, 3.63) is 48.8 Å². The van der Waals surface area contributed by atoms with Crippen molar-refractivity contribution >= 4 is 33.6 Å². The number of carbonyl (C=O) groups is 2. The topological polar surface area (TPSA) is 106 Å². The number of hydrogen-bond donors (Lipinski definition) is 1. The van der Waals surface area contributed by atoms with Crippen LogP contribution in [0.2, 0.25) is 0 Å². The van der Waals surface area contributed by atoms with Crippen LogP contribution in [0.25, 0.3) is 0 Å². The minimum Gasteiger partial charge on any atom is -0.457 e. The van der Waals surface area contributed by atoms with E-state index in [4.69, 9.17) is 4.74 Å². The molecule has 1 aromatic carbocycles. The number of pyridine rings is 1. The van der Waals surface area contributed by atoms with E-state index >= 15 is 0 Å². The number of benzene rings is 1. The number of aromatic nitrogens is 1. The largest absolute Gasteiger partial charge is 0.457 e. The quantitative estimate of drug-likeness (QED) is 0.766. The van der Waals surface area contributed by atoms with Gasteiger partial charge in [-0.15, -0.1) is 11.8 Å². The Hall–Kier alpha value is -2.59. The molecule has 1 N–H and O–H groups in total. The number of nitrogens with one attached hydrogen (secondary N) is 1. The number of ether oxygens (including phenoxy) is 1. The molecule has 2 amide bonds. The van der Waals surface area contributed by atoms with E-state index in [9.17, 15) is 18.0 Å². The highest BCUT2D eigenvalue weighted by Crippen LogP contribution is 2.39. The molecule has 0 aliphatic carbocycles. The normalized spacial score (nSPS) is 18.9. The lowest BCUT2D eigenvalue weighted by Gasteiger charge is -2.43. The summed E-state index contributed by atoms with van der Waals surface area (Å²) >= 11 is 1.26. The van der Waals surface area contributed by atoms with Gasteiger partial charge in [0, 0.05) is 24.2 Å². The first-order chi connectivity index (χ1) is 13.7. The van der Waals surface area contributed by atoms with Crippen LogP contribution in [0, 0.1) is 0 Å². The van der Waals surface area contributed by atoms with Crippen LogP contribution in [0.15, 0.2) is 53.7 Å². The number of carbonyl (C=O) groups excluding carboxylic acids is 2. The van der Waals surface area contributed by atoms with Gasteiger partial charge in [0.05, 0.1) is 10.6 Å². The molecule has 154 valence electrons. The van der Waals surface area contributed by atoms with E-state index in [0.717, 1.165) is 0 Å². The van der Waals surface area contributed by atoms with Crippen LogP contribution < -0.4 is 10.1 Å². The third kappa shape index (κ3) is 4.23. The molecule has 0 radical (unpaired) electrons. The van der Waals surface area contributed by atoms with Crippen molar-refractivity contribution in [2.24, 2.45) is 0 Å². The number of sulfonamides is 1. The summed E-state index contributed by atoms with van der Waals surface area (Å²) in [6, 6.07) is 7.89. The van der Waals surface area contributed by atoms with Crippen molar-refractivity contribution in [3.63, 3.8) is 0 Å². The molecule has 1 unspecified atom stereocenters. The Balaban J connectivity index is 1.93. The minimum atomic E-state index is -4.23. The summed E-state index contributed by atoms with van der Waals surface area (Å²) in [6.07, 6.45) is 3.16. The van der Waals surface area contributed by atoms with Gasteiger partial charge in [0.25, 0.3) is 10.0 Å². The van der Waals surface area contributed by atoms with Crippen molar-refractivity contribution in [1.29, 1.82) is 0 Å². The number of amides is 2. The molecular weight excluding hydrogens is 414 g/mol. The van der Waals surface area contributed by atoms with Gasteiger partial charge < -0.3 is 10.1 Å². The number of rotatable bonds is 5. The molecule has 0 saturated carbocycles. The van der Waals surface area contributed by atoms with Crippen molar-refractivity contribution < 1.29 is 22.7 Å². The van der Waals surface area contributed by atoms with Gasteiger partial charge in [0.2, 0.25) is 11.8 Å². The zero-order valence-electron chi connectivity index (χ0n) is 16.2. The van der Waals surface area contributed by atoms with E-state index < -0.39 is 32.6 Å². The van der Waals surface area contributed by atoms with Crippen LogP contribution in [0.5, 0.6) is 11.5 Å². The Kier molecular flexibility index (Phi) is 5.85. The van der Waals surface area contributed by atoms with Gasteiger partial charge in [-0.05, 0) is 50.2 Å². The van der Waals surface area contributed by atoms with Gasteiger partial charge in [-0.3, -0.25) is 14.6 Å². The number of hydrogen-bond acceptors (Lipinski definition) is 7. The smallest absolute Gasteiger partial charge is 0.267 e. The molecule has 1 saturated heterocycles. The Labute approximate surface area is 173 Å². The summed E-state index contributed by atoms with van der Waals surface area (Å²) in [5.41, 5.74) is 0. The second-order valence-electron chi connectivity index (χ2n) is 6.86. The second-order valence-corrected chi connectivity index (χ2v) is 10.3. The maximum absolute atomic E-state index is 13.3. The van der Waals surface area contributed by atoms with Crippen molar-refractivity contribution in [1.82, 2.24) is 14.6 Å². The zero-order chi connectivity index (χ0) is 21.2. The minimum absolute atomic E-state index is 0.0248. The summed E-state index contributed by atoms with van der Waals surface area (Å²) in [7, 11) is -2.82. The molecule has 1 aliphatic rings. The molecule has 1 fully saturated rings. The monoisotopic (exact) mass is 435 g/mol. The Morgan fingerprint density at radius 1 is 1.17 bits per heavy atom. The molecule has 0 spiro atoms. The van der Waals surface area contributed by atoms with E-state index in [0.29, 0.717) is 15.8 Å². The number of nitrogens with zero attached hydrogens (tertiary/aromatic N) is 2. The van der Waals surface area contributed by atoms with E-state index in [1.807, 2.05) is 0 Å². The average Bonchev–Trinajstić information content (AvgIpc) is 2.70. The van der Waals surface area contributed by atoms with Crippen molar-refractivity contribution in [3.8, 4) is 11.5 Å². The first-order valence-electron chi connectivity index (χ1n) is 8.77. The van der Waals surface area contributed by atoms with E-state index in [-0.39, 0.29) is 10.6 Å². The standard InChI is InChI=1S/C19H21N3O5S2/c1-19(2)17(18(24)20-3)22(16(23)12-28-19)29(25,26)15-6-4-13(5-7-15)27-14-8-10-21-11-9-14/h4-11,17H,12H2,1-3H3,(H,20,24). The van der Waals surface area contributed by atoms with Gasteiger partial charge in [0.15, 0.2) is 0 Å². The van der Waals surface area contributed by atoms with E-state index in [1.54, 1.807) is 38.4 Å². The van der Waals surface area contributed by atoms with Crippen molar-refractivity contribution in [2.45, 2.75) is 29.5 Å². The molecule has 1 aromatic heterocycles. The first kappa shape index (κ1) is 21.1. The summed E-state index contributed by atoms with van der Waals surface area (Å²) < 4.78 is 32.1. The predicted molar refractivity (Wildman–Crippen MR) is 109 cm³/mol. The molecule has 2 heterocycles. The molecule has 10 heteroatoms. The Morgan fingerprint density at radius 2 is 1.76 bits per heavy atom. The summed E-state index contributed by atoms with van der Waals surface area (Å²) in [5.74, 6) is -0.195. The van der Waals surface area contributed by atoms with Gasteiger partial charge in [-0.2, -0.15) is 0 Å². The van der Waals surface area contributed by atoms with Gasteiger partial charge >= 0.3 is 0 Å². The van der Waals surface area contributed by atoms with Crippen molar-refractivity contribution in [2.75, 3.05) is 12.8 Å². The maximum Gasteiger partial charge on any atom is 0.267 e. The molecular formula is C19H21N3O5S2. The lowest BCUT2D eigenvalue weighted by molar-refractivity contribution is -0.134. The molecule has 29 heavy (non-hydrogen) atoms. The van der Waals surface area contributed by atoms with Crippen LogP contribution >= 0.6 is 11.8 Å². The van der Waals surface area contributed by atoms with Crippen LogP contribution in [-0.4, -0.2) is 53.1 Å². The highest BCUT2D eigenvalue weighted by molar-refractivity contribution is 8.01. The first-order valence-corrected chi connectivity index (χ1v) is 11.2. The Bertz CT molecular complexity index is 1010. The number of likely N-dealkylation sites (N-methyl/N-ethyl adjacent to an activating group) is 1. The highest BCUT2D eigenvalue weighted by atomic mass is 32.2. The molecule has 3 rings (SSSR count). The third-order valence-electron chi connectivity index (χ3n) is 4.47. The summed E-state index contributed by atoms with van der Waals surface area (Å²) in [5, 5.41) is 2.47. The lowest BCUT2D eigenvalue weighted by atomic mass is 10.0. The van der Waals surface area contributed by atoms with Gasteiger partial charge in [-0.1, -0.05) is 0 Å². The maximum atomic E-state index is 13.3. The van der Waals surface area contributed by atoms with E-state index in [1.165, 1.54) is 43.1 Å². The Morgan fingerprint density at radius 3 is 2.34 bits per heavy atom. The fraction of sp³-hybridized carbons (Fsp3) is 0.316. The zero-order valence-corrected chi connectivity index (χ0v) is 17.8. The van der Waals surface area contributed by atoms with Gasteiger partial charge in [-0.25, -0.2) is 12.7 Å². The molecule has 0 bridgehead atoms. The fourth-order valence-corrected chi connectivity index (χ4v) is 5.81. The van der Waals surface area contributed by atoms with Gasteiger partial charge in [0.1, 0.15) is 17.5 Å². The molecule has 8 nitrogen and oxygen atoms in total. The highest BCUT2D eigenvalue weighted by Gasteiger charge is 2.51. The van der Waals surface area contributed by atoms with Crippen LogP contribution in [0.3, 0.4) is 0 Å². The van der Waals surface area contributed by atoms with E-state index in [2.05, 4.69) is 10.3 Å². The SMILES string of the molecule is CNC(=O)C1N(S(=O)(=O)c2ccc(Oc3ccncc3)cc2)C(=O)CSC1(C)C. The molecule has 2 aromatic rings. The predicted octanol–water partition coefficient (Wildman–Crippen LogP) is 2.03. The van der Waals surface area contributed by atoms with Crippen LogP contribution in [0.1, 0.15) is 13.8 Å². The second kappa shape index (κ2) is 8.03. The van der Waals surface area contributed by atoms with Crippen LogP contribution in [-0.2, 0) is 19.6 Å². The van der Waals surface area contributed by atoms with Crippen LogP contribution in [0.4, 0.5) is 0 Å². The lowest BCUT2D eigenvalue weighted by Crippen LogP contribution is -2.63.